The summed E-state index contributed by atoms with van der Waals surface area (Å²) in [5.41, 5.74) is 5.75. The van der Waals surface area contributed by atoms with Gasteiger partial charge in [-0.3, -0.25) is 0 Å². The number of hydrogen-bond acceptors (Lipinski definition) is 5. The normalized spacial score (nSPS) is 25.8. The van der Waals surface area contributed by atoms with E-state index in [0.717, 1.165) is 22.7 Å². The standard InChI is InChI=1S/C10H16N2O2S2/c1-7(11)9-5-12-10(15-9)4-8-2-3-16(13,14)6-8/h5,7-8H,2-4,6,11H2,1H3. The molecular weight excluding hydrogens is 244 g/mol. The SMILES string of the molecule is CC(N)c1cnc(CC2CCS(=O)(=O)C2)s1. The highest BCUT2D eigenvalue weighted by Crippen LogP contribution is 2.26. The first-order valence-corrected chi connectivity index (χ1v) is 8.00. The van der Waals surface area contributed by atoms with Gasteiger partial charge in [0.15, 0.2) is 9.84 Å². The zero-order valence-corrected chi connectivity index (χ0v) is 10.9. The van der Waals surface area contributed by atoms with Crippen molar-refractivity contribution < 1.29 is 8.42 Å². The third-order valence-electron chi connectivity index (χ3n) is 2.81. The van der Waals surface area contributed by atoms with Gasteiger partial charge in [-0.25, -0.2) is 13.4 Å². The van der Waals surface area contributed by atoms with Crippen LogP contribution in [-0.2, 0) is 16.3 Å². The Balaban J connectivity index is 2.00. The molecule has 4 nitrogen and oxygen atoms in total. The first kappa shape index (κ1) is 12.0. The molecule has 1 aliphatic rings. The Morgan fingerprint density at radius 3 is 2.94 bits per heavy atom. The summed E-state index contributed by atoms with van der Waals surface area (Å²) in [6.45, 7) is 1.93. The molecule has 2 unspecified atom stereocenters. The van der Waals surface area contributed by atoms with E-state index >= 15 is 0 Å². The van der Waals surface area contributed by atoms with E-state index in [9.17, 15) is 8.42 Å². The topological polar surface area (TPSA) is 73.0 Å². The fraction of sp³-hybridized carbons (Fsp3) is 0.700. The van der Waals surface area contributed by atoms with Crippen molar-refractivity contribution in [3.63, 3.8) is 0 Å². The van der Waals surface area contributed by atoms with Gasteiger partial charge in [0.05, 0.1) is 16.5 Å². The van der Waals surface area contributed by atoms with Crippen molar-refractivity contribution in [2.75, 3.05) is 11.5 Å². The van der Waals surface area contributed by atoms with Gasteiger partial charge in [-0.15, -0.1) is 11.3 Å². The monoisotopic (exact) mass is 260 g/mol. The molecule has 16 heavy (non-hydrogen) atoms. The summed E-state index contributed by atoms with van der Waals surface area (Å²) in [6.07, 6.45) is 3.35. The van der Waals surface area contributed by atoms with Crippen LogP contribution in [0, 0.1) is 5.92 Å². The quantitative estimate of drug-likeness (QED) is 0.884. The van der Waals surface area contributed by atoms with Crippen LogP contribution in [-0.4, -0.2) is 24.9 Å². The number of hydrogen-bond donors (Lipinski definition) is 1. The van der Waals surface area contributed by atoms with Gasteiger partial charge < -0.3 is 5.73 Å². The molecule has 90 valence electrons. The number of thiazole rings is 1. The highest BCUT2D eigenvalue weighted by atomic mass is 32.2. The zero-order chi connectivity index (χ0) is 11.8. The molecular formula is C10H16N2O2S2. The summed E-state index contributed by atoms with van der Waals surface area (Å²) in [4.78, 5) is 5.36. The number of nitrogens with two attached hydrogens (primary N) is 1. The maximum atomic E-state index is 11.3. The molecule has 0 spiro atoms. The minimum absolute atomic E-state index is 0.0126. The summed E-state index contributed by atoms with van der Waals surface area (Å²) in [5, 5.41) is 1.01. The van der Waals surface area contributed by atoms with Crippen LogP contribution in [0.3, 0.4) is 0 Å². The van der Waals surface area contributed by atoms with Crippen LogP contribution in [0.5, 0.6) is 0 Å². The summed E-state index contributed by atoms with van der Waals surface area (Å²) < 4.78 is 22.6. The molecule has 1 aromatic heterocycles. The molecule has 0 bridgehead atoms. The predicted molar refractivity (Wildman–Crippen MR) is 65.2 cm³/mol. The Bertz CT molecular complexity index is 465. The third-order valence-corrected chi connectivity index (χ3v) is 5.87. The average Bonchev–Trinajstić information content (AvgIpc) is 2.73. The molecule has 0 amide bonds. The molecule has 2 heterocycles. The molecule has 1 aromatic rings. The Kier molecular flexibility index (Phi) is 3.32. The molecule has 2 N–H and O–H groups in total. The maximum absolute atomic E-state index is 11.3. The summed E-state index contributed by atoms with van der Waals surface area (Å²) in [5.74, 6) is 0.903. The lowest BCUT2D eigenvalue weighted by Gasteiger charge is -2.03. The van der Waals surface area contributed by atoms with E-state index in [-0.39, 0.29) is 12.0 Å². The van der Waals surface area contributed by atoms with E-state index in [2.05, 4.69) is 4.98 Å². The van der Waals surface area contributed by atoms with Gasteiger partial charge in [0.2, 0.25) is 0 Å². The van der Waals surface area contributed by atoms with Gasteiger partial charge in [0, 0.05) is 23.5 Å². The van der Waals surface area contributed by atoms with Crippen molar-refractivity contribution in [1.82, 2.24) is 4.98 Å². The number of rotatable bonds is 3. The lowest BCUT2D eigenvalue weighted by Crippen LogP contribution is -2.07. The molecule has 2 rings (SSSR count). The number of aromatic nitrogens is 1. The maximum Gasteiger partial charge on any atom is 0.150 e. The second-order valence-corrected chi connectivity index (χ2v) is 7.79. The van der Waals surface area contributed by atoms with Gasteiger partial charge in [0.1, 0.15) is 0 Å². The van der Waals surface area contributed by atoms with Crippen molar-refractivity contribution in [2.45, 2.75) is 25.8 Å². The number of nitrogens with zero attached hydrogens (tertiary/aromatic N) is 1. The van der Waals surface area contributed by atoms with Crippen LogP contribution >= 0.6 is 11.3 Å². The minimum atomic E-state index is -2.77. The van der Waals surface area contributed by atoms with E-state index in [1.54, 1.807) is 17.5 Å². The molecule has 0 saturated carbocycles. The third kappa shape index (κ3) is 2.81. The summed E-state index contributed by atoms with van der Waals surface area (Å²) in [6, 6.07) is 0.0126. The van der Waals surface area contributed by atoms with Gasteiger partial charge in [-0.05, 0) is 19.3 Å². The van der Waals surface area contributed by atoms with Crippen molar-refractivity contribution in [3.05, 3.63) is 16.1 Å². The highest BCUT2D eigenvalue weighted by Gasteiger charge is 2.28. The second kappa shape index (κ2) is 4.43. The van der Waals surface area contributed by atoms with Gasteiger partial charge in [-0.1, -0.05) is 0 Å². The van der Waals surface area contributed by atoms with Crippen molar-refractivity contribution in [1.29, 1.82) is 0 Å². The molecule has 0 aliphatic carbocycles. The predicted octanol–water partition coefficient (Wildman–Crippen LogP) is 1.14. The summed E-state index contributed by atoms with van der Waals surface area (Å²) >= 11 is 1.60. The van der Waals surface area contributed by atoms with Crippen molar-refractivity contribution in [2.24, 2.45) is 11.7 Å². The molecule has 1 fully saturated rings. The van der Waals surface area contributed by atoms with E-state index < -0.39 is 9.84 Å². The van der Waals surface area contributed by atoms with Crippen LogP contribution in [0.2, 0.25) is 0 Å². The van der Waals surface area contributed by atoms with E-state index in [4.69, 9.17) is 5.73 Å². The van der Waals surface area contributed by atoms with Crippen LogP contribution in [0.4, 0.5) is 0 Å². The number of sulfone groups is 1. The van der Waals surface area contributed by atoms with E-state index in [1.807, 2.05) is 6.92 Å². The zero-order valence-electron chi connectivity index (χ0n) is 9.22. The first-order valence-electron chi connectivity index (χ1n) is 5.37. The molecule has 0 aromatic carbocycles. The van der Waals surface area contributed by atoms with Gasteiger partial charge >= 0.3 is 0 Å². The first-order chi connectivity index (χ1) is 7.46. The molecule has 1 aliphatic heterocycles. The fourth-order valence-electron chi connectivity index (χ4n) is 1.91. The van der Waals surface area contributed by atoms with Crippen molar-refractivity contribution in [3.8, 4) is 0 Å². The Labute approximate surface area is 99.8 Å². The Morgan fingerprint density at radius 1 is 1.69 bits per heavy atom. The fourth-order valence-corrected chi connectivity index (χ4v) is 4.76. The minimum Gasteiger partial charge on any atom is -0.323 e. The highest BCUT2D eigenvalue weighted by molar-refractivity contribution is 7.91. The van der Waals surface area contributed by atoms with Crippen molar-refractivity contribution >= 4 is 21.2 Å². The van der Waals surface area contributed by atoms with Crippen LogP contribution < -0.4 is 5.73 Å². The van der Waals surface area contributed by atoms with Gasteiger partial charge in [-0.2, -0.15) is 0 Å². The van der Waals surface area contributed by atoms with Gasteiger partial charge in [0.25, 0.3) is 0 Å². The smallest absolute Gasteiger partial charge is 0.150 e. The lowest BCUT2D eigenvalue weighted by molar-refractivity contribution is 0.582. The molecule has 0 radical (unpaired) electrons. The Morgan fingerprint density at radius 2 is 2.44 bits per heavy atom. The van der Waals surface area contributed by atoms with E-state index in [1.165, 1.54) is 0 Å². The lowest BCUT2D eigenvalue weighted by atomic mass is 10.1. The average molecular weight is 260 g/mol. The Hall–Kier alpha value is -0.460. The molecule has 2 atom stereocenters. The molecule has 1 saturated heterocycles. The van der Waals surface area contributed by atoms with E-state index in [0.29, 0.717) is 11.5 Å². The van der Waals surface area contributed by atoms with Crippen LogP contribution in [0.15, 0.2) is 6.20 Å². The molecule has 6 heteroatoms. The summed E-state index contributed by atoms with van der Waals surface area (Å²) in [7, 11) is -2.77. The second-order valence-electron chi connectivity index (χ2n) is 4.42. The largest absolute Gasteiger partial charge is 0.323 e. The van der Waals surface area contributed by atoms with Crippen LogP contribution in [0.25, 0.3) is 0 Å². The van der Waals surface area contributed by atoms with Crippen LogP contribution in [0.1, 0.15) is 29.3 Å².